The topological polar surface area (TPSA) is 29.1 Å². The maximum absolute atomic E-state index is 12.8. The van der Waals surface area contributed by atoms with E-state index < -0.39 is 0 Å². The van der Waals surface area contributed by atoms with Crippen molar-refractivity contribution in [3.8, 4) is 0 Å². The second kappa shape index (κ2) is 6.66. The van der Waals surface area contributed by atoms with E-state index in [1.807, 2.05) is 17.5 Å². The molecule has 0 saturated heterocycles. The highest BCUT2D eigenvalue weighted by Gasteiger charge is 2.19. The van der Waals surface area contributed by atoms with Gasteiger partial charge in [-0.05, 0) is 35.1 Å². The molecule has 1 amide bonds. The number of amides is 1. The number of halogens is 1. The lowest BCUT2D eigenvalue weighted by atomic mass is 10.0. The van der Waals surface area contributed by atoms with E-state index in [9.17, 15) is 9.18 Å². The first-order valence-electron chi connectivity index (χ1n) is 6.63. The Morgan fingerprint density at radius 3 is 2.50 bits per heavy atom. The highest BCUT2D eigenvalue weighted by Crippen LogP contribution is 2.25. The Balaban J connectivity index is 2.00. The summed E-state index contributed by atoms with van der Waals surface area (Å²) in [5, 5.41) is 5.07. The van der Waals surface area contributed by atoms with Crippen molar-refractivity contribution in [1.82, 2.24) is 5.32 Å². The van der Waals surface area contributed by atoms with Crippen molar-refractivity contribution in [2.75, 3.05) is 0 Å². The molecule has 1 N–H and O–H groups in total. The van der Waals surface area contributed by atoms with Crippen LogP contribution in [0.4, 0.5) is 4.39 Å². The zero-order chi connectivity index (χ0) is 14.5. The summed E-state index contributed by atoms with van der Waals surface area (Å²) in [5.41, 5.74) is 0.817. The number of carbonyl (C=O) groups excluding carboxylic acids is 1. The summed E-state index contributed by atoms with van der Waals surface area (Å²) >= 11 is 1.65. The smallest absolute Gasteiger partial charge is 0.224 e. The highest BCUT2D eigenvalue weighted by atomic mass is 32.1. The van der Waals surface area contributed by atoms with Crippen LogP contribution in [0.25, 0.3) is 0 Å². The average Bonchev–Trinajstić information content (AvgIpc) is 2.92. The molecule has 1 aromatic carbocycles. The largest absolute Gasteiger partial charge is 0.348 e. The predicted molar refractivity (Wildman–Crippen MR) is 80.1 cm³/mol. The van der Waals surface area contributed by atoms with Crippen molar-refractivity contribution in [3.05, 3.63) is 58.0 Å². The summed E-state index contributed by atoms with van der Waals surface area (Å²) in [6.07, 6.45) is 0.273. The Morgan fingerprint density at radius 2 is 1.95 bits per heavy atom. The van der Waals surface area contributed by atoms with E-state index >= 15 is 0 Å². The van der Waals surface area contributed by atoms with Crippen LogP contribution in [0.5, 0.6) is 0 Å². The monoisotopic (exact) mass is 291 g/mol. The Morgan fingerprint density at radius 1 is 1.25 bits per heavy atom. The van der Waals surface area contributed by atoms with Gasteiger partial charge < -0.3 is 5.32 Å². The van der Waals surface area contributed by atoms with Crippen LogP contribution < -0.4 is 5.32 Å². The number of carbonyl (C=O) groups is 1. The number of hydrogen-bond donors (Lipinski definition) is 1. The third-order valence-electron chi connectivity index (χ3n) is 3.11. The molecule has 2 rings (SSSR count). The van der Waals surface area contributed by atoms with Crippen molar-refractivity contribution in [2.24, 2.45) is 5.92 Å². The van der Waals surface area contributed by atoms with Crippen LogP contribution in [0.1, 0.15) is 30.3 Å². The fourth-order valence-corrected chi connectivity index (χ4v) is 3.00. The average molecular weight is 291 g/mol. The molecule has 106 valence electrons. The van der Waals surface area contributed by atoms with Crippen molar-refractivity contribution in [2.45, 2.75) is 26.3 Å². The maximum Gasteiger partial charge on any atom is 0.224 e. The van der Waals surface area contributed by atoms with Gasteiger partial charge in [-0.25, -0.2) is 4.39 Å². The molecule has 1 atom stereocenters. The third-order valence-corrected chi connectivity index (χ3v) is 4.07. The predicted octanol–water partition coefficient (Wildman–Crippen LogP) is 3.94. The molecule has 1 heterocycles. The van der Waals surface area contributed by atoms with Crippen molar-refractivity contribution in [1.29, 1.82) is 0 Å². The standard InChI is InChI=1S/C16H18FNOS/c1-11(2)16(14-4-3-9-20-14)18-15(19)10-12-5-7-13(17)8-6-12/h3-9,11,16H,10H2,1-2H3,(H,18,19). The first-order chi connectivity index (χ1) is 9.56. The molecule has 0 aliphatic rings. The van der Waals surface area contributed by atoms with E-state index in [1.54, 1.807) is 23.5 Å². The second-order valence-corrected chi connectivity index (χ2v) is 6.09. The van der Waals surface area contributed by atoms with Crippen molar-refractivity contribution >= 4 is 17.2 Å². The van der Waals surface area contributed by atoms with Gasteiger partial charge in [-0.1, -0.05) is 32.0 Å². The number of nitrogens with one attached hydrogen (secondary N) is 1. The molecule has 0 spiro atoms. The van der Waals surface area contributed by atoms with Gasteiger partial charge in [0.15, 0.2) is 0 Å². The Kier molecular flexibility index (Phi) is 4.90. The van der Waals surface area contributed by atoms with Gasteiger partial charge in [-0.2, -0.15) is 0 Å². The molecule has 0 saturated carbocycles. The minimum Gasteiger partial charge on any atom is -0.348 e. The molecule has 0 fully saturated rings. The summed E-state index contributed by atoms with van der Waals surface area (Å²) in [6, 6.07) is 10.1. The molecular formula is C16H18FNOS. The van der Waals surface area contributed by atoms with Crippen LogP contribution in [0.15, 0.2) is 41.8 Å². The van der Waals surface area contributed by atoms with E-state index in [0.717, 1.165) is 10.4 Å². The number of benzene rings is 1. The van der Waals surface area contributed by atoms with Crippen molar-refractivity contribution in [3.63, 3.8) is 0 Å². The van der Waals surface area contributed by atoms with E-state index in [1.165, 1.54) is 12.1 Å². The van der Waals surface area contributed by atoms with Crippen LogP contribution in [0.3, 0.4) is 0 Å². The minimum atomic E-state index is -0.284. The summed E-state index contributed by atoms with van der Waals surface area (Å²) in [5.74, 6) is 0.00215. The minimum absolute atomic E-state index is 0.0305. The van der Waals surface area contributed by atoms with Crippen LogP contribution in [-0.4, -0.2) is 5.91 Å². The Bertz CT molecular complexity index is 548. The zero-order valence-corrected chi connectivity index (χ0v) is 12.4. The lowest BCUT2D eigenvalue weighted by molar-refractivity contribution is -0.121. The van der Waals surface area contributed by atoms with E-state index in [-0.39, 0.29) is 24.2 Å². The summed E-state index contributed by atoms with van der Waals surface area (Å²) in [6.45, 7) is 4.17. The third kappa shape index (κ3) is 3.90. The van der Waals surface area contributed by atoms with E-state index in [2.05, 4.69) is 19.2 Å². The Labute approximate surface area is 122 Å². The fraction of sp³-hybridized carbons (Fsp3) is 0.312. The normalized spacial score (nSPS) is 12.4. The molecule has 4 heteroatoms. The fourth-order valence-electron chi connectivity index (χ4n) is 2.05. The lowest BCUT2D eigenvalue weighted by Gasteiger charge is -2.21. The first kappa shape index (κ1) is 14.7. The van der Waals surface area contributed by atoms with Gasteiger partial charge in [0.25, 0.3) is 0 Å². The SMILES string of the molecule is CC(C)C(NC(=O)Cc1ccc(F)cc1)c1cccs1. The number of rotatable bonds is 5. The summed E-state index contributed by atoms with van der Waals surface area (Å²) in [7, 11) is 0. The van der Waals surface area contributed by atoms with Gasteiger partial charge in [0.1, 0.15) is 5.82 Å². The van der Waals surface area contributed by atoms with Gasteiger partial charge in [0.05, 0.1) is 12.5 Å². The Hall–Kier alpha value is -1.68. The van der Waals surface area contributed by atoms with Crippen LogP contribution in [-0.2, 0) is 11.2 Å². The lowest BCUT2D eigenvalue weighted by Crippen LogP contribution is -2.32. The van der Waals surface area contributed by atoms with Crippen LogP contribution in [0, 0.1) is 11.7 Å². The number of thiophene rings is 1. The zero-order valence-electron chi connectivity index (χ0n) is 11.6. The molecule has 0 aliphatic carbocycles. The van der Waals surface area contributed by atoms with Gasteiger partial charge in [-0.3, -0.25) is 4.79 Å². The first-order valence-corrected chi connectivity index (χ1v) is 7.51. The molecule has 20 heavy (non-hydrogen) atoms. The van der Waals surface area contributed by atoms with Crippen LogP contribution in [0.2, 0.25) is 0 Å². The maximum atomic E-state index is 12.8. The van der Waals surface area contributed by atoms with Gasteiger partial charge in [0, 0.05) is 4.88 Å². The van der Waals surface area contributed by atoms with Crippen molar-refractivity contribution < 1.29 is 9.18 Å². The van der Waals surface area contributed by atoms with E-state index in [0.29, 0.717) is 5.92 Å². The van der Waals surface area contributed by atoms with E-state index in [4.69, 9.17) is 0 Å². The highest BCUT2D eigenvalue weighted by molar-refractivity contribution is 7.10. The van der Waals surface area contributed by atoms with Gasteiger partial charge in [-0.15, -0.1) is 11.3 Å². The number of hydrogen-bond acceptors (Lipinski definition) is 2. The van der Waals surface area contributed by atoms with Gasteiger partial charge >= 0.3 is 0 Å². The summed E-state index contributed by atoms with van der Waals surface area (Å²) < 4.78 is 12.8. The second-order valence-electron chi connectivity index (χ2n) is 5.11. The molecule has 0 bridgehead atoms. The van der Waals surface area contributed by atoms with Gasteiger partial charge in [0.2, 0.25) is 5.91 Å². The molecule has 2 aromatic rings. The molecule has 1 unspecified atom stereocenters. The summed E-state index contributed by atoms with van der Waals surface area (Å²) in [4.78, 5) is 13.3. The molecule has 0 aliphatic heterocycles. The quantitative estimate of drug-likeness (QED) is 0.888. The molecule has 2 nitrogen and oxygen atoms in total. The van der Waals surface area contributed by atoms with Crippen LogP contribution >= 0.6 is 11.3 Å². The molecule has 0 radical (unpaired) electrons. The molecular weight excluding hydrogens is 273 g/mol. The molecule has 1 aromatic heterocycles.